The minimum absolute atomic E-state index is 0.0618. The fourth-order valence-corrected chi connectivity index (χ4v) is 2.89. The molecule has 0 aliphatic heterocycles. The SMILES string of the molecule is CCCNc1ccc(S(=O)(=O)NCCCOC)cc1C(=O)O. The predicted octanol–water partition coefficient (Wildman–Crippen LogP) is 1.52. The molecule has 8 heteroatoms. The van der Waals surface area contributed by atoms with E-state index in [1.54, 1.807) is 0 Å². The lowest BCUT2D eigenvalue weighted by atomic mass is 10.2. The second kappa shape index (κ2) is 8.72. The highest BCUT2D eigenvalue weighted by atomic mass is 32.2. The Balaban J connectivity index is 2.95. The van der Waals surface area contributed by atoms with Gasteiger partial charge in [-0.1, -0.05) is 6.92 Å². The molecule has 0 aromatic heterocycles. The standard InChI is InChI=1S/C14H22N2O5S/c1-3-7-15-13-6-5-11(10-12(13)14(17)18)22(19,20)16-8-4-9-21-2/h5-6,10,15-16H,3-4,7-9H2,1-2H3,(H,17,18). The summed E-state index contributed by atoms with van der Waals surface area (Å²) in [5.41, 5.74) is 0.348. The largest absolute Gasteiger partial charge is 0.478 e. The van der Waals surface area contributed by atoms with Crippen molar-refractivity contribution >= 4 is 21.7 Å². The van der Waals surface area contributed by atoms with Crippen LogP contribution in [0, 0.1) is 0 Å². The number of aromatic carboxylic acids is 1. The molecular weight excluding hydrogens is 308 g/mol. The molecule has 7 nitrogen and oxygen atoms in total. The topological polar surface area (TPSA) is 105 Å². The van der Waals surface area contributed by atoms with Gasteiger partial charge in [-0.05, 0) is 31.0 Å². The molecule has 0 radical (unpaired) electrons. The lowest BCUT2D eigenvalue weighted by Crippen LogP contribution is -2.26. The third-order valence-electron chi connectivity index (χ3n) is 2.91. The van der Waals surface area contributed by atoms with Crippen LogP contribution in [-0.4, -0.2) is 46.3 Å². The molecule has 124 valence electrons. The number of hydrogen-bond acceptors (Lipinski definition) is 5. The number of carboxylic acids is 1. The van der Waals surface area contributed by atoms with Gasteiger partial charge >= 0.3 is 5.97 Å². The second-order valence-corrected chi connectivity index (χ2v) is 6.45. The summed E-state index contributed by atoms with van der Waals surface area (Å²) in [5, 5.41) is 12.2. The summed E-state index contributed by atoms with van der Waals surface area (Å²) < 4.78 is 31.5. The molecule has 0 aliphatic carbocycles. The summed E-state index contributed by atoms with van der Waals surface area (Å²) in [7, 11) is -2.19. The minimum atomic E-state index is -3.73. The maximum absolute atomic E-state index is 12.1. The highest BCUT2D eigenvalue weighted by Gasteiger charge is 2.18. The van der Waals surface area contributed by atoms with E-state index >= 15 is 0 Å². The van der Waals surface area contributed by atoms with Gasteiger partial charge in [0, 0.05) is 32.5 Å². The van der Waals surface area contributed by atoms with Crippen LogP contribution in [-0.2, 0) is 14.8 Å². The van der Waals surface area contributed by atoms with Crippen molar-refractivity contribution in [3.63, 3.8) is 0 Å². The summed E-state index contributed by atoms with van der Waals surface area (Å²) in [4.78, 5) is 11.2. The van der Waals surface area contributed by atoms with Crippen molar-refractivity contribution in [3.05, 3.63) is 23.8 Å². The van der Waals surface area contributed by atoms with E-state index in [1.165, 1.54) is 25.3 Å². The number of rotatable bonds is 10. The van der Waals surface area contributed by atoms with Crippen molar-refractivity contribution in [1.82, 2.24) is 4.72 Å². The highest BCUT2D eigenvalue weighted by molar-refractivity contribution is 7.89. The lowest BCUT2D eigenvalue weighted by Gasteiger charge is -2.11. The summed E-state index contributed by atoms with van der Waals surface area (Å²) in [5.74, 6) is -1.17. The number of carboxylic acid groups (broad SMARTS) is 1. The minimum Gasteiger partial charge on any atom is -0.478 e. The van der Waals surface area contributed by atoms with E-state index in [9.17, 15) is 18.3 Å². The third-order valence-corrected chi connectivity index (χ3v) is 4.37. The smallest absolute Gasteiger partial charge is 0.337 e. The monoisotopic (exact) mass is 330 g/mol. The number of anilines is 1. The highest BCUT2D eigenvalue weighted by Crippen LogP contribution is 2.20. The normalized spacial score (nSPS) is 11.4. The van der Waals surface area contributed by atoms with E-state index in [4.69, 9.17) is 4.74 Å². The molecule has 0 atom stereocenters. The molecule has 0 bridgehead atoms. The molecule has 0 saturated carbocycles. The molecule has 0 saturated heterocycles. The lowest BCUT2D eigenvalue weighted by molar-refractivity contribution is 0.0697. The van der Waals surface area contributed by atoms with Crippen LogP contribution >= 0.6 is 0 Å². The Bertz CT molecular complexity index is 601. The first-order chi connectivity index (χ1) is 10.4. The van der Waals surface area contributed by atoms with Gasteiger partial charge < -0.3 is 15.2 Å². The van der Waals surface area contributed by atoms with Crippen molar-refractivity contribution in [3.8, 4) is 0 Å². The van der Waals surface area contributed by atoms with E-state index in [0.717, 1.165) is 6.42 Å². The first-order valence-corrected chi connectivity index (χ1v) is 8.50. The van der Waals surface area contributed by atoms with Crippen molar-refractivity contribution in [2.75, 3.05) is 32.1 Å². The van der Waals surface area contributed by atoms with Crippen LogP contribution in [0.4, 0.5) is 5.69 Å². The first kappa shape index (κ1) is 18.4. The van der Waals surface area contributed by atoms with Crippen molar-refractivity contribution in [1.29, 1.82) is 0 Å². The second-order valence-electron chi connectivity index (χ2n) is 4.68. The Morgan fingerprint density at radius 3 is 2.64 bits per heavy atom. The fraction of sp³-hybridized carbons (Fsp3) is 0.500. The molecule has 0 unspecified atom stereocenters. The van der Waals surface area contributed by atoms with E-state index < -0.39 is 16.0 Å². The molecular formula is C14H22N2O5S. The molecule has 1 rings (SSSR count). The summed E-state index contributed by atoms with van der Waals surface area (Å²) in [6.45, 7) is 3.25. The Morgan fingerprint density at radius 2 is 2.05 bits per heavy atom. The van der Waals surface area contributed by atoms with Crippen LogP contribution < -0.4 is 10.0 Å². The van der Waals surface area contributed by atoms with Crippen molar-refractivity contribution in [2.45, 2.75) is 24.7 Å². The first-order valence-electron chi connectivity index (χ1n) is 7.02. The van der Waals surface area contributed by atoms with Gasteiger partial charge in [-0.25, -0.2) is 17.9 Å². The number of benzene rings is 1. The van der Waals surface area contributed by atoms with Crippen LogP contribution in [0.2, 0.25) is 0 Å². The molecule has 3 N–H and O–H groups in total. The molecule has 22 heavy (non-hydrogen) atoms. The van der Waals surface area contributed by atoms with Crippen LogP contribution in [0.25, 0.3) is 0 Å². The molecule has 0 amide bonds. The van der Waals surface area contributed by atoms with Crippen molar-refractivity contribution in [2.24, 2.45) is 0 Å². The number of methoxy groups -OCH3 is 1. The zero-order valence-corrected chi connectivity index (χ0v) is 13.6. The maximum Gasteiger partial charge on any atom is 0.337 e. The van der Waals surface area contributed by atoms with Gasteiger partial charge in [0.2, 0.25) is 10.0 Å². The Morgan fingerprint density at radius 1 is 1.32 bits per heavy atom. The van der Waals surface area contributed by atoms with Crippen LogP contribution in [0.15, 0.2) is 23.1 Å². The number of ether oxygens (including phenoxy) is 1. The molecule has 1 aromatic rings. The van der Waals surface area contributed by atoms with Crippen LogP contribution in [0.5, 0.6) is 0 Å². The Hall–Kier alpha value is -1.64. The molecule has 0 heterocycles. The molecule has 0 aliphatic rings. The summed E-state index contributed by atoms with van der Waals surface area (Å²) in [6.07, 6.45) is 1.37. The molecule has 1 aromatic carbocycles. The summed E-state index contributed by atoms with van der Waals surface area (Å²) in [6, 6.07) is 4.03. The third kappa shape index (κ3) is 5.28. The van der Waals surface area contributed by atoms with Crippen LogP contribution in [0.3, 0.4) is 0 Å². The Labute approximate surface area is 130 Å². The van der Waals surface area contributed by atoms with Gasteiger partial charge in [0.1, 0.15) is 0 Å². The Kier molecular flexibility index (Phi) is 7.30. The van der Waals surface area contributed by atoms with E-state index in [2.05, 4.69) is 10.0 Å². The maximum atomic E-state index is 12.1. The van der Waals surface area contributed by atoms with Gasteiger partial charge in [-0.3, -0.25) is 0 Å². The van der Waals surface area contributed by atoms with Crippen LogP contribution in [0.1, 0.15) is 30.1 Å². The van der Waals surface area contributed by atoms with E-state index in [0.29, 0.717) is 25.3 Å². The fourth-order valence-electron chi connectivity index (χ4n) is 1.79. The number of sulfonamides is 1. The quantitative estimate of drug-likeness (QED) is 0.562. The molecule has 0 fully saturated rings. The zero-order valence-electron chi connectivity index (χ0n) is 12.8. The number of hydrogen-bond donors (Lipinski definition) is 3. The zero-order chi connectivity index (χ0) is 16.6. The van der Waals surface area contributed by atoms with E-state index in [1.807, 2.05) is 6.92 Å². The van der Waals surface area contributed by atoms with Gasteiger partial charge in [0.05, 0.1) is 10.5 Å². The number of nitrogens with one attached hydrogen (secondary N) is 2. The average Bonchev–Trinajstić information content (AvgIpc) is 2.49. The van der Waals surface area contributed by atoms with Gasteiger partial charge in [0.25, 0.3) is 0 Å². The average molecular weight is 330 g/mol. The summed E-state index contributed by atoms with van der Waals surface area (Å²) >= 11 is 0. The predicted molar refractivity (Wildman–Crippen MR) is 83.9 cm³/mol. The van der Waals surface area contributed by atoms with Gasteiger partial charge in [-0.2, -0.15) is 0 Å². The van der Waals surface area contributed by atoms with E-state index in [-0.39, 0.29) is 17.0 Å². The molecule has 0 spiro atoms. The van der Waals surface area contributed by atoms with Crippen molar-refractivity contribution < 1.29 is 23.1 Å². The van der Waals surface area contributed by atoms with Gasteiger partial charge in [0.15, 0.2) is 0 Å². The number of carbonyl (C=O) groups is 1. The van der Waals surface area contributed by atoms with Gasteiger partial charge in [-0.15, -0.1) is 0 Å².